The first-order valence-corrected chi connectivity index (χ1v) is 15.8. The average molecular weight is 681 g/mol. The Hall–Kier alpha value is -4.86. The number of carbonyl (C=O) groups is 3. The van der Waals surface area contributed by atoms with Gasteiger partial charge < -0.3 is 33.0 Å². The first kappa shape index (κ1) is 33.1. The van der Waals surface area contributed by atoms with Crippen molar-refractivity contribution in [3.05, 3.63) is 70.8 Å². The fourth-order valence-electron chi connectivity index (χ4n) is 5.77. The molecule has 48 heavy (non-hydrogen) atoms. The van der Waals surface area contributed by atoms with Gasteiger partial charge in [-0.05, 0) is 28.3 Å². The number of halogens is 1. The van der Waals surface area contributed by atoms with Crippen LogP contribution in [0.4, 0.5) is 4.79 Å². The number of nitrogens with one attached hydrogen (secondary N) is 1. The number of benzene rings is 2. The van der Waals surface area contributed by atoms with Crippen LogP contribution in [0.2, 0.25) is 5.15 Å². The van der Waals surface area contributed by atoms with Crippen LogP contribution < -0.4 is 0 Å². The minimum atomic E-state index is -1.32. The first-order chi connectivity index (χ1) is 23.4. The number of imidazole rings is 1. The topological polar surface area (TPSA) is 179 Å². The van der Waals surface area contributed by atoms with E-state index in [1.807, 2.05) is 48.5 Å². The summed E-state index contributed by atoms with van der Waals surface area (Å²) in [4.78, 5) is 41.2. The van der Waals surface area contributed by atoms with Gasteiger partial charge in [-0.1, -0.05) is 73.5 Å². The molecule has 16 heteroatoms. The van der Waals surface area contributed by atoms with Gasteiger partial charge in [-0.25, -0.2) is 14.6 Å². The highest BCUT2D eigenvalue weighted by Gasteiger charge is 2.51. The van der Waals surface area contributed by atoms with Gasteiger partial charge in [0.05, 0.1) is 13.2 Å². The van der Waals surface area contributed by atoms with Crippen molar-refractivity contribution in [2.75, 3.05) is 13.2 Å². The van der Waals surface area contributed by atoms with E-state index in [-0.39, 0.29) is 30.6 Å². The third-order valence-corrected chi connectivity index (χ3v) is 8.31. The number of aryl methyl sites for hydroxylation is 1. The van der Waals surface area contributed by atoms with E-state index in [0.717, 1.165) is 35.1 Å². The maximum absolute atomic E-state index is 13.4. The number of H-pyrrole nitrogens is 1. The lowest BCUT2D eigenvalue weighted by atomic mass is 9.98. The van der Waals surface area contributed by atoms with E-state index in [1.54, 1.807) is 4.57 Å². The van der Waals surface area contributed by atoms with Gasteiger partial charge in [0.1, 0.15) is 18.0 Å². The zero-order chi connectivity index (χ0) is 33.6. The summed E-state index contributed by atoms with van der Waals surface area (Å²) in [5.74, 6) is 0.289. The smallest absolute Gasteiger partial charge is 0.459 e. The summed E-state index contributed by atoms with van der Waals surface area (Å²) < 4.78 is 33.8. The molecule has 2 aromatic heterocycles. The number of aromatic nitrogens is 6. The predicted molar refractivity (Wildman–Crippen MR) is 167 cm³/mol. The lowest BCUT2D eigenvalue weighted by Crippen LogP contribution is -2.36. The molecule has 1 N–H and O–H groups in total. The molecule has 2 saturated heterocycles. The van der Waals surface area contributed by atoms with Crippen LogP contribution in [0.1, 0.15) is 48.6 Å². The Morgan fingerprint density at radius 1 is 1.06 bits per heavy atom. The lowest BCUT2D eigenvalue weighted by Gasteiger charge is -2.19. The van der Waals surface area contributed by atoms with E-state index >= 15 is 0 Å². The molecule has 252 valence electrons. The normalized spacial score (nSPS) is 20.6. The summed E-state index contributed by atoms with van der Waals surface area (Å²) in [5.41, 5.74) is 3.63. The Kier molecular flexibility index (Phi) is 10.3. The number of tetrazole rings is 1. The van der Waals surface area contributed by atoms with E-state index in [9.17, 15) is 14.4 Å². The van der Waals surface area contributed by atoms with E-state index in [0.29, 0.717) is 24.5 Å². The van der Waals surface area contributed by atoms with Crippen LogP contribution in [0, 0.1) is 0 Å². The SMILES string of the molecule is CCCCc1nc(Cl)c(C(=O)OC(C)OC(=O)O[C@@H]2CO[C@H]3[C@@H]2OC[C@H]3OC=O)n1Cc1ccc(-c2ccccc2-c2nn[nH]n2)cc1. The van der Waals surface area contributed by atoms with E-state index in [1.165, 1.54) is 6.92 Å². The van der Waals surface area contributed by atoms with Crippen molar-refractivity contribution >= 4 is 30.2 Å². The molecule has 6 rings (SSSR count). The van der Waals surface area contributed by atoms with Gasteiger partial charge in [-0.3, -0.25) is 4.79 Å². The number of hydrogen-bond acceptors (Lipinski definition) is 13. The largest absolute Gasteiger partial charge is 0.511 e. The summed E-state index contributed by atoms with van der Waals surface area (Å²) in [6.07, 6.45) is -2.64. The molecule has 2 aromatic carbocycles. The second-order valence-electron chi connectivity index (χ2n) is 11.2. The molecule has 1 unspecified atom stereocenters. The number of carbonyl (C=O) groups excluding carboxylic acids is 3. The molecule has 5 atom stereocenters. The number of ether oxygens (including phenoxy) is 6. The zero-order valence-electron chi connectivity index (χ0n) is 26.1. The van der Waals surface area contributed by atoms with Crippen molar-refractivity contribution in [3.8, 4) is 22.5 Å². The van der Waals surface area contributed by atoms with Crippen molar-refractivity contribution in [2.45, 2.75) is 70.4 Å². The molecule has 0 spiro atoms. The molecule has 0 amide bonds. The molecule has 4 heterocycles. The molecule has 0 bridgehead atoms. The quantitative estimate of drug-likeness (QED) is 0.0922. The van der Waals surface area contributed by atoms with Gasteiger partial charge >= 0.3 is 12.1 Å². The third-order valence-electron chi connectivity index (χ3n) is 8.05. The zero-order valence-corrected chi connectivity index (χ0v) is 26.9. The maximum Gasteiger partial charge on any atom is 0.511 e. The number of fused-ring (bicyclic) bond motifs is 1. The highest BCUT2D eigenvalue weighted by Crippen LogP contribution is 2.32. The number of nitrogens with zero attached hydrogens (tertiary/aromatic N) is 5. The van der Waals surface area contributed by atoms with Crippen LogP contribution in [0.15, 0.2) is 48.5 Å². The van der Waals surface area contributed by atoms with Crippen molar-refractivity contribution < 1.29 is 42.8 Å². The highest BCUT2D eigenvalue weighted by atomic mass is 35.5. The van der Waals surface area contributed by atoms with Crippen LogP contribution in [0.25, 0.3) is 22.5 Å². The van der Waals surface area contributed by atoms with E-state index in [4.69, 9.17) is 40.0 Å². The molecule has 2 fully saturated rings. The van der Waals surface area contributed by atoms with Gasteiger partial charge in [0.2, 0.25) is 12.1 Å². The molecule has 0 radical (unpaired) electrons. The van der Waals surface area contributed by atoms with Crippen molar-refractivity contribution in [3.63, 3.8) is 0 Å². The highest BCUT2D eigenvalue weighted by molar-refractivity contribution is 6.32. The van der Waals surface area contributed by atoms with Crippen molar-refractivity contribution in [2.24, 2.45) is 0 Å². The summed E-state index contributed by atoms with van der Waals surface area (Å²) in [7, 11) is 0. The lowest BCUT2D eigenvalue weighted by molar-refractivity contribution is -0.138. The van der Waals surface area contributed by atoms with Gasteiger partial charge in [-0.2, -0.15) is 5.21 Å². The number of rotatable bonds is 13. The second-order valence-corrected chi connectivity index (χ2v) is 11.6. The first-order valence-electron chi connectivity index (χ1n) is 15.4. The Bertz CT molecular complexity index is 1730. The average Bonchev–Trinajstić information content (AvgIpc) is 3.88. The molecular weight excluding hydrogens is 648 g/mol. The van der Waals surface area contributed by atoms with Crippen LogP contribution in [-0.2, 0) is 46.2 Å². The minimum absolute atomic E-state index is 0.0221. The van der Waals surface area contributed by atoms with Crippen LogP contribution in [0.3, 0.4) is 0 Å². The standard InChI is InChI=1S/C32H33ClN6O9/c1-3-4-9-25-34-29(33)26(31(41)46-18(2)47-32(42)48-24-16-44-27-23(45-17-40)15-43-28(24)27)39(25)14-19-10-12-20(13-11-19)21-7-5-6-8-22(21)30-35-37-38-36-30/h5-8,10-13,17-18,23-24,27-28H,3-4,9,14-16H2,1-2H3,(H,35,36,37,38)/t18?,23-,24-,27-,28-/m1/s1. The number of aromatic amines is 1. The number of esters is 1. The predicted octanol–water partition coefficient (Wildman–Crippen LogP) is 4.14. The summed E-state index contributed by atoms with van der Waals surface area (Å²) in [6, 6.07) is 15.6. The van der Waals surface area contributed by atoms with E-state index in [2.05, 4.69) is 32.5 Å². The molecule has 15 nitrogen and oxygen atoms in total. The van der Waals surface area contributed by atoms with Gasteiger partial charge in [-0.15, -0.1) is 10.2 Å². The van der Waals surface area contributed by atoms with Crippen molar-refractivity contribution in [1.29, 1.82) is 0 Å². The molecule has 4 aromatic rings. The number of unbranched alkanes of at least 4 members (excludes halogenated alkanes) is 1. The fourth-order valence-corrected chi connectivity index (χ4v) is 6.05. The Balaban J connectivity index is 1.13. The monoisotopic (exact) mass is 680 g/mol. The van der Waals surface area contributed by atoms with E-state index < -0.39 is 42.8 Å². The summed E-state index contributed by atoms with van der Waals surface area (Å²) >= 11 is 6.51. The van der Waals surface area contributed by atoms with Gasteiger partial charge in [0, 0.05) is 25.5 Å². The number of hydrogen-bond donors (Lipinski definition) is 1. The van der Waals surface area contributed by atoms with Crippen LogP contribution in [0.5, 0.6) is 0 Å². The fraction of sp³-hybridized carbons (Fsp3) is 0.406. The molecular formula is C32H33ClN6O9. The molecule has 2 aliphatic rings. The summed E-state index contributed by atoms with van der Waals surface area (Å²) in [5, 5.41) is 14.4. The molecule has 0 saturated carbocycles. The van der Waals surface area contributed by atoms with Crippen LogP contribution >= 0.6 is 11.6 Å². The molecule has 0 aliphatic carbocycles. The van der Waals surface area contributed by atoms with Crippen molar-refractivity contribution in [1.82, 2.24) is 30.2 Å². The Morgan fingerprint density at radius 2 is 1.79 bits per heavy atom. The van der Waals surface area contributed by atoms with Gasteiger partial charge in [0.25, 0.3) is 6.47 Å². The van der Waals surface area contributed by atoms with Gasteiger partial charge in [0.15, 0.2) is 23.1 Å². The summed E-state index contributed by atoms with van der Waals surface area (Å²) in [6.45, 7) is 4.18. The molecule has 2 aliphatic heterocycles. The minimum Gasteiger partial charge on any atom is -0.459 e. The second kappa shape index (κ2) is 14.9. The Labute approximate surface area is 279 Å². The maximum atomic E-state index is 13.4. The third kappa shape index (κ3) is 7.17. The Morgan fingerprint density at radius 3 is 2.50 bits per heavy atom. The van der Waals surface area contributed by atoms with Crippen LogP contribution in [-0.4, -0.2) is 92.7 Å².